The average Bonchev–Trinajstić information content (AvgIpc) is 3.49. The summed E-state index contributed by atoms with van der Waals surface area (Å²) < 4.78 is 2.65. The van der Waals surface area contributed by atoms with Gasteiger partial charge in [0.15, 0.2) is 0 Å². The van der Waals surface area contributed by atoms with Gasteiger partial charge >= 0.3 is 0 Å². The molecule has 0 atom stereocenters. The van der Waals surface area contributed by atoms with Crippen LogP contribution < -0.4 is 4.90 Å². The van der Waals surface area contributed by atoms with E-state index >= 15 is 0 Å². The summed E-state index contributed by atoms with van der Waals surface area (Å²) in [6, 6.07) is 63.9. The Bertz CT molecular complexity index is 2510. The molecule has 0 saturated carbocycles. The van der Waals surface area contributed by atoms with E-state index in [2.05, 4.69) is 181 Å². The quantitative estimate of drug-likeness (QED) is 0.189. The molecule has 216 valence electrons. The van der Waals surface area contributed by atoms with Gasteiger partial charge in [0.05, 0.1) is 5.69 Å². The monoisotopic (exact) mass is 603 g/mol. The van der Waals surface area contributed by atoms with Crippen LogP contribution in [0.3, 0.4) is 0 Å². The number of hydrogen-bond acceptors (Lipinski definition) is 2. The van der Waals surface area contributed by atoms with Crippen molar-refractivity contribution in [1.29, 1.82) is 0 Å². The number of fused-ring (bicyclic) bond motifs is 5. The number of nitrogens with zero attached hydrogens (tertiary/aromatic N) is 1. The maximum atomic E-state index is 2.39. The van der Waals surface area contributed by atoms with Crippen LogP contribution in [0.2, 0.25) is 0 Å². The highest BCUT2D eigenvalue weighted by Gasteiger charge is 2.17. The van der Waals surface area contributed by atoms with Gasteiger partial charge in [-0.15, -0.1) is 11.3 Å². The number of para-hydroxylation sites is 1. The molecule has 8 aromatic carbocycles. The Hall–Kier alpha value is -5.70. The van der Waals surface area contributed by atoms with Crippen LogP contribution in [-0.4, -0.2) is 0 Å². The van der Waals surface area contributed by atoms with Crippen molar-refractivity contribution in [2.75, 3.05) is 4.90 Å². The first kappa shape index (κ1) is 26.7. The predicted octanol–water partition coefficient (Wildman–Crippen LogP) is 13.2. The third-order valence-electron chi connectivity index (χ3n) is 9.04. The normalized spacial score (nSPS) is 11.5. The largest absolute Gasteiger partial charge is 0.310 e. The van der Waals surface area contributed by atoms with Crippen molar-refractivity contribution in [3.63, 3.8) is 0 Å². The minimum absolute atomic E-state index is 1.13. The van der Waals surface area contributed by atoms with Gasteiger partial charge in [-0.2, -0.15) is 0 Å². The molecule has 0 fully saturated rings. The second-order valence-corrected chi connectivity index (χ2v) is 12.8. The fraction of sp³-hybridized carbons (Fsp3) is 0. The lowest BCUT2D eigenvalue weighted by Gasteiger charge is -2.27. The first-order valence-corrected chi connectivity index (χ1v) is 16.5. The van der Waals surface area contributed by atoms with E-state index in [1.165, 1.54) is 69.7 Å². The van der Waals surface area contributed by atoms with Gasteiger partial charge in [0.1, 0.15) is 0 Å². The Morgan fingerprint density at radius 3 is 1.74 bits per heavy atom. The fourth-order valence-electron chi connectivity index (χ4n) is 6.91. The second kappa shape index (κ2) is 11.0. The van der Waals surface area contributed by atoms with Crippen molar-refractivity contribution in [3.8, 4) is 22.3 Å². The summed E-state index contributed by atoms with van der Waals surface area (Å²) >= 11 is 1.87. The molecule has 0 saturated heterocycles. The Morgan fingerprint density at radius 1 is 0.370 bits per heavy atom. The highest BCUT2D eigenvalue weighted by atomic mass is 32.1. The molecular formula is C44H29NS. The Morgan fingerprint density at radius 2 is 0.978 bits per heavy atom. The number of benzene rings is 8. The zero-order valence-corrected chi connectivity index (χ0v) is 25.9. The van der Waals surface area contributed by atoms with Crippen LogP contribution >= 0.6 is 11.3 Å². The molecule has 2 heteroatoms. The Kier molecular flexibility index (Phi) is 6.40. The minimum atomic E-state index is 1.13. The van der Waals surface area contributed by atoms with Crippen molar-refractivity contribution < 1.29 is 0 Å². The Balaban J connectivity index is 1.21. The number of hydrogen-bond donors (Lipinski definition) is 0. The van der Waals surface area contributed by atoms with Crippen LogP contribution in [-0.2, 0) is 0 Å². The van der Waals surface area contributed by atoms with Crippen molar-refractivity contribution in [2.45, 2.75) is 0 Å². The lowest BCUT2D eigenvalue weighted by atomic mass is 9.91. The molecule has 9 aromatic rings. The highest BCUT2D eigenvalue weighted by molar-refractivity contribution is 7.25. The van der Waals surface area contributed by atoms with Gasteiger partial charge in [0, 0.05) is 36.9 Å². The van der Waals surface area contributed by atoms with E-state index < -0.39 is 0 Å². The summed E-state index contributed by atoms with van der Waals surface area (Å²) in [4.78, 5) is 2.39. The van der Waals surface area contributed by atoms with Crippen molar-refractivity contribution in [2.24, 2.45) is 0 Å². The van der Waals surface area contributed by atoms with Gasteiger partial charge in [0.25, 0.3) is 0 Å². The molecule has 0 bridgehead atoms. The van der Waals surface area contributed by atoms with Crippen molar-refractivity contribution >= 4 is 70.1 Å². The molecule has 0 aliphatic carbocycles. The van der Waals surface area contributed by atoms with Gasteiger partial charge in [-0.3, -0.25) is 0 Å². The zero-order chi connectivity index (χ0) is 30.5. The highest BCUT2D eigenvalue weighted by Crippen LogP contribution is 2.44. The van der Waals surface area contributed by atoms with E-state index in [-0.39, 0.29) is 0 Å². The van der Waals surface area contributed by atoms with Gasteiger partial charge in [0.2, 0.25) is 0 Å². The molecule has 9 rings (SSSR count). The van der Waals surface area contributed by atoms with Crippen LogP contribution in [0, 0.1) is 0 Å². The lowest BCUT2D eigenvalue weighted by molar-refractivity contribution is 1.30. The first-order valence-electron chi connectivity index (χ1n) is 15.7. The minimum Gasteiger partial charge on any atom is -0.310 e. The fourth-order valence-corrected chi connectivity index (χ4v) is 8.04. The van der Waals surface area contributed by atoms with E-state index in [4.69, 9.17) is 0 Å². The van der Waals surface area contributed by atoms with Gasteiger partial charge < -0.3 is 4.90 Å². The molecular weight excluding hydrogens is 575 g/mol. The molecule has 0 unspecified atom stereocenters. The molecule has 1 heterocycles. The van der Waals surface area contributed by atoms with Gasteiger partial charge in [-0.1, -0.05) is 127 Å². The summed E-state index contributed by atoms with van der Waals surface area (Å²) in [6.07, 6.45) is 0. The van der Waals surface area contributed by atoms with Crippen molar-refractivity contribution in [3.05, 3.63) is 176 Å². The summed E-state index contributed by atoms with van der Waals surface area (Å²) in [5, 5.41) is 7.65. The number of anilines is 3. The standard InChI is InChI=1S/C44H29NS/c1-3-12-30(13-4-1)36-20-9-14-32-15-10-21-37(44(32)36)31-24-26-35(27-25-31)45(34-17-5-2-6-18-34)41-22-11-16-33-28-43-40(29-39(33)41)38-19-7-8-23-42(38)46-43/h1-29H. The molecule has 0 aliphatic heterocycles. The third-order valence-corrected chi connectivity index (χ3v) is 10.2. The van der Waals surface area contributed by atoms with Gasteiger partial charge in [-0.25, -0.2) is 0 Å². The summed E-state index contributed by atoms with van der Waals surface area (Å²) in [7, 11) is 0. The topological polar surface area (TPSA) is 3.24 Å². The average molecular weight is 604 g/mol. The smallest absolute Gasteiger partial charge is 0.0540 e. The summed E-state index contributed by atoms with van der Waals surface area (Å²) in [5.41, 5.74) is 8.37. The summed E-state index contributed by atoms with van der Waals surface area (Å²) in [6.45, 7) is 0. The van der Waals surface area contributed by atoms with E-state index in [1.54, 1.807) is 0 Å². The molecule has 0 spiro atoms. The zero-order valence-electron chi connectivity index (χ0n) is 25.1. The second-order valence-electron chi connectivity index (χ2n) is 11.7. The predicted molar refractivity (Wildman–Crippen MR) is 200 cm³/mol. The van der Waals surface area contributed by atoms with Crippen LogP contribution in [0.25, 0.3) is 64.0 Å². The van der Waals surface area contributed by atoms with Crippen LogP contribution in [0.4, 0.5) is 17.1 Å². The maximum absolute atomic E-state index is 2.39. The molecule has 0 N–H and O–H groups in total. The first-order chi connectivity index (χ1) is 22.8. The molecule has 0 radical (unpaired) electrons. The lowest BCUT2D eigenvalue weighted by Crippen LogP contribution is -2.10. The molecule has 46 heavy (non-hydrogen) atoms. The van der Waals surface area contributed by atoms with Crippen LogP contribution in [0.5, 0.6) is 0 Å². The molecule has 1 nitrogen and oxygen atoms in total. The number of thiophene rings is 1. The SMILES string of the molecule is c1ccc(-c2cccc3cccc(-c4ccc(N(c5ccccc5)c5cccc6cc7sc8ccccc8c7cc56)cc4)c23)cc1. The van der Waals surface area contributed by atoms with E-state index in [9.17, 15) is 0 Å². The summed E-state index contributed by atoms with van der Waals surface area (Å²) in [5.74, 6) is 0. The third kappa shape index (κ3) is 4.46. The van der Waals surface area contributed by atoms with Gasteiger partial charge in [-0.05, 0) is 86.9 Å². The molecule has 1 aromatic heterocycles. The maximum Gasteiger partial charge on any atom is 0.0540 e. The van der Waals surface area contributed by atoms with Crippen LogP contribution in [0.15, 0.2) is 176 Å². The van der Waals surface area contributed by atoms with Crippen molar-refractivity contribution in [1.82, 2.24) is 0 Å². The van der Waals surface area contributed by atoms with E-state index in [1.807, 2.05) is 11.3 Å². The Labute approximate surface area is 272 Å². The van der Waals surface area contributed by atoms with Crippen LogP contribution in [0.1, 0.15) is 0 Å². The molecule has 0 amide bonds. The number of rotatable bonds is 5. The van der Waals surface area contributed by atoms with E-state index in [0.29, 0.717) is 0 Å². The van der Waals surface area contributed by atoms with E-state index in [0.717, 1.165) is 11.4 Å². The molecule has 0 aliphatic rings.